The third-order valence-corrected chi connectivity index (χ3v) is 5.11. The second kappa shape index (κ2) is 10.4. The predicted molar refractivity (Wildman–Crippen MR) is 109 cm³/mol. The van der Waals surface area contributed by atoms with Gasteiger partial charge in [-0.2, -0.15) is 0 Å². The monoisotopic (exact) mass is 457 g/mol. The molecule has 0 radical (unpaired) electrons. The number of esters is 2. The van der Waals surface area contributed by atoms with Crippen molar-refractivity contribution >= 4 is 52.5 Å². The van der Waals surface area contributed by atoms with Gasteiger partial charge >= 0.3 is 11.9 Å². The minimum atomic E-state index is -1.05. The van der Waals surface area contributed by atoms with Gasteiger partial charge in [-0.25, -0.2) is 9.59 Å². The second-order valence-electron chi connectivity index (χ2n) is 5.88. The number of benzene rings is 1. The van der Waals surface area contributed by atoms with E-state index in [1.165, 1.54) is 33.3 Å². The summed E-state index contributed by atoms with van der Waals surface area (Å²) in [7, 11) is 2.41. The summed E-state index contributed by atoms with van der Waals surface area (Å²) in [5.74, 6) is -1.52. The fraction of sp³-hybridized carbons (Fsp3) is 0.368. The second-order valence-corrected chi connectivity index (χ2v) is 7.28. The zero-order chi connectivity index (χ0) is 22.4. The summed E-state index contributed by atoms with van der Waals surface area (Å²) in [6.07, 6.45) is 1.45. The predicted octanol–water partition coefficient (Wildman–Crippen LogP) is 2.89. The molecule has 0 aromatic heterocycles. The smallest absolute Gasteiger partial charge is 0.343 e. The van der Waals surface area contributed by atoms with Gasteiger partial charge in [-0.3, -0.25) is 14.5 Å². The number of carbonyl (C=O) groups excluding carboxylic acids is 4. The maximum absolute atomic E-state index is 12.6. The summed E-state index contributed by atoms with van der Waals surface area (Å²) >= 11 is 6.96. The number of rotatable bonds is 8. The number of hydrogen-bond acceptors (Lipinski definition) is 9. The van der Waals surface area contributed by atoms with E-state index in [0.717, 1.165) is 4.90 Å². The summed E-state index contributed by atoms with van der Waals surface area (Å²) in [5.41, 5.74) is 0.463. The van der Waals surface area contributed by atoms with Crippen LogP contribution in [0.5, 0.6) is 11.5 Å². The van der Waals surface area contributed by atoms with Gasteiger partial charge in [0.05, 0.1) is 30.8 Å². The molecule has 1 heterocycles. The minimum absolute atomic E-state index is 0.109. The van der Waals surface area contributed by atoms with Crippen LogP contribution >= 0.6 is 23.4 Å². The van der Waals surface area contributed by atoms with Gasteiger partial charge in [-0.05, 0) is 49.4 Å². The average Bonchev–Trinajstić information content (AvgIpc) is 2.99. The highest BCUT2D eigenvalue weighted by Crippen LogP contribution is 2.39. The molecule has 1 aliphatic rings. The van der Waals surface area contributed by atoms with Crippen molar-refractivity contribution in [2.45, 2.75) is 19.9 Å². The van der Waals surface area contributed by atoms with Gasteiger partial charge in [0.1, 0.15) is 6.04 Å². The number of methoxy groups -OCH3 is 2. The lowest BCUT2D eigenvalue weighted by molar-refractivity contribution is -0.148. The molecule has 1 fully saturated rings. The third-order valence-electron chi connectivity index (χ3n) is 3.94. The summed E-state index contributed by atoms with van der Waals surface area (Å²) < 4.78 is 20.0. The van der Waals surface area contributed by atoms with Gasteiger partial charge in [0.25, 0.3) is 11.1 Å². The summed E-state index contributed by atoms with van der Waals surface area (Å²) in [4.78, 5) is 48.8. The van der Waals surface area contributed by atoms with Gasteiger partial charge in [0, 0.05) is 0 Å². The fourth-order valence-electron chi connectivity index (χ4n) is 2.51. The molecule has 0 aliphatic carbocycles. The van der Waals surface area contributed by atoms with E-state index in [1.807, 2.05) is 0 Å². The Bertz CT molecular complexity index is 901. The molecule has 1 atom stereocenters. The van der Waals surface area contributed by atoms with Crippen LogP contribution in [0.2, 0.25) is 5.02 Å². The Morgan fingerprint density at radius 2 is 1.90 bits per heavy atom. The first-order valence-electron chi connectivity index (χ1n) is 8.74. The Morgan fingerprint density at radius 1 is 1.20 bits per heavy atom. The van der Waals surface area contributed by atoms with Crippen LogP contribution in [0, 0.1) is 0 Å². The largest absolute Gasteiger partial charge is 0.490 e. The Morgan fingerprint density at radius 3 is 2.50 bits per heavy atom. The van der Waals surface area contributed by atoms with Crippen LogP contribution in [-0.4, -0.2) is 61.5 Å². The van der Waals surface area contributed by atoms with Gasteiger partial charge in [0.15, 0.2) is 18.1 Å². The van der Waals surface area contributed by atoms with E-state index >= 15 is 0 Å². The molecule has 1 aliphatic heterocycles. The molecule has 0 spiro atoms. The Hall–Kier alpha value is -2.72. The van der Waals surface area contributed by atoms with E-state index in [9.17, 15) is 19.2 Å². The molecule has 30 heavy (non-hydrogen) atoms. The van der Waals surface area contributed by atoms with Gasteiger partial charge in [-0.1, -0.05) is 11.6 Å². The molecule has 1 aromatic rings. The summed E-state index contributed by atoms with van der Waals surface area (Å²) in [5, 5.41) is -0.448. The molecular formula is C19H20ClNO8S. The first-order chi connectivity index (χ1) is 14.2. The van der Waals surface area contributed by atoms with Crippen molar-refractivity contribution in [2.24, 2.45) is 0 Å². The number of amides is 2. The standard InChI is InChI=1S/C19H20ClNO8S/c1-5-28-13-7-11(6-12(20)16(13)29-9-15(22)26-3)8-14-17(23)21(19(25)30-14)10(2)18(24)27-4/h6-8,10H,5,9H2,1-4H3/b14-8+/t10-/m1/s1. The van der Waals surface area contributed by atoms with Crippen LogP contribution in [0.3, 0.4) is 0 Å². The molecule has 0 N–H and O–H groups in total. The zero-order valence-electron chi connectivity index (χ0n) is 16.7. The van der Waals surface area contributed by atoms with Gasteiger partial charge < -0.3 is 18.9 Å². The van der Waals surface area contributed by atoms with Crippen LogP contribution < -0.4 is 9.47 Å². The summed E-state index contributed by atoms with van der Waals surface area (Å²) in [6, 6.07) is 2.00. The highest BCUT2D eigenvalue weighted by atomic mass is 35.5. The molecule has 2 rings (SSSR count). The number of halogens is 1. The van der Waals surface area contributed by atoms with E-state index in [4.69, 9.17) is 21.1 Å². The quantitative estimate of drug-likeness (QED) is 0.430. The van der Waals surface area contributed by atoms with Crippen molar-refractivity contribution in [3.63, 3.8) is 0 Å². The lowest BCUT2D eigenvalue weighted by Crippen LogP contribution is -2.42. The first kappa shape index (κ1) is 23.6. The molecule has 1 aromatic carbocycles. The normalized spacial score (nSPS) is 15.9. The first-order valence-corrected chi connectivity index (χ1v) is 9.93. The van der Waals surface area contributed by atoms with Gasteiger partial charge in [0.2, 0.25) is 0 Å². The highest BCUT2D eigenvalue weighted by Gasteiger charge is 2.41. The Kier molecular flexibility index (Phi) is 8.13. The Labute approximate surface area is 182 Å². The van der Waals surface area contributed by atoms with Crippen molar-refractivity contribution in [1.82, 2.24) is 4.90 Å². The lowest BCUT2D eigenvalue weighted by Gasteiger charge is -2.18. The molecule has 2 amide bonds. The minimum Gasteiger partial charge on any atom is -0.490 e. The molecule has 11 heteroatoms. The molecule has 0 saturated carbocycles. The number of thioether (sulfide) groups is 1. The van der Waals surface area contributed by atoms with Crippen LogP contribution in [0.15, 0.2) is 17.0 Å². The van der Waals surface area contributed by atoms with Crippen molar-refractivity contribution in [1.29, 1.82) is 0 Å². The number of ether oxygens (including phenoxy) is 4. The molecular weight excluding hydrogens is 438 g/mol. The molecule has 0 unspecified atom stereocenters. The van der Waals surface area contributed by atoms with Gasteiger partial charge in [-0.15, -0.1) is 0 Å². The van der Waals surface area contributed by atoms with E-state index in [-0.39, 0.29) is 28.0 Å². The number of nitrogens with zero attached hydrogens (tertiary/aromatic N) is 1. The fourth-order valence-corrected chi connectivity index (χ4v) is 3.69. The van der Waals surface area contributed by atoms with E-state index in [2.05, 4.69) is 9.47 Å². The van der Waals surface area contributed by atoms with Crippen molar-refractivity contribution in [3.8, 4) is 11.5 Å². The summed E-state index contributed by atoms with van der Waals surface area (Å²) in [6.45, 7) is 3.09. The number of hydrogen-bond donors (Lipinski definition) is 0. The highest BCUT2D eigenvalue weighted by molar-refractivity contribution is 8.18. The van der Waals surface area contributed by atoms with E-state index in [1.54, 1.807) is 13.0 Å². The van der Waals surface area contributed by atoms with Crippen LogP contribution in [-0.2, 0) is 23.9 Å². The van der Waals surface area contributed by atoms with Crippen molar-refractivity contribution < 1.29 is 38.1 Å². The Balaban J connectivity index is 2.34. The maximum atomic E-state index is 12.6. The molecule has 162 valence electrons. The van der Waals surface area contributed by atoms with Crippen molar-refractivity contribution in [3.05, 3.63) is 27.6 Å². The molecule has 1 saturated heterocycles. The van der Waals surface area contributed by atoms with Crippen molar-refractivity contribution in [2.75, 3.05) is 27.4 Å². The topological polar surface area (TPSA) is 108 Å². The van der Waals surface area contributed by atoms with E-state index < -0.39 is 29.1 Å². The lowest BCUT2D eigenvalue weighted by atomic mass is 10.1. The van der Waals surface area contributed by atoms with Crippen LogP contribution in [0.1, 0.15) is 19.4 Å². The third kappa shape index (κ3) is 5.25. The number of imide groups is 1. The van der Waals surface area contributed by atoms with Crippen LogP contribution in [0.4, 0.5) is 4.79 Å². The molecule has 0 bridgehead atoms. The number of carbonyl (C=O) groups is 4. The SMILES string of the molecule is CCOc1cc(/C=C2/SC(=O)N([C@H](C)C(=O)OC)C2=O)cc(Cl)c1OCC(=O)OC. The maximum Gasteiger partial charge on any atom is 0.343 e. The molecule has 9 nitrogen and oxygen atoms in total. The van der Waals surface area contributed by atoms with E-state index in [0.29, 0.717) is 23.9 Å². The van der Waals surface area contributed by atoms with Crippen LogP contribution in [0.25, 0.3) is 6.08 Å². The average molecular weight is 458 g/mol. The zero-order valence-corrected chi connectivity index (χ0v) is 18.3.